The van der Waals surface area contributed by atoms with Crippen LogP contribution in [0.4, 0.5) is 0 Å². The molecule has 6 heteroatoms. The summed E-state index contributed by atoms with van der Waals surface area (Å²) < 4.78 is 12.5. The normalized spacial score (nSPS) is 12.1. The molecule has 0 aliphatic carbocycles. The predicted molar refractivity (Wildman–Crippen MR) is 94.4 cm³/mol. The highest BCUT2D eigenvalue weighted by Crippen LogP contribution is 2.30. The van der Waals surface area contributed by atoms with Gasteiger partial charge in [-0.1, -0.05) is 17.8 Å². The minimum Gasteiger partial charge on any atom is -0.493 e. The Balaban J connectivity index is 1.82. The van der Waals surface area contributed by atoms with Crippen molar-refractivity contribution in [1.29, 1.82) is 0 Å². The molecule has 1 atom stereocenters. The minimum absolute atomic E-state index is 0.0219. The maximum Gasteiger partial charge on any atom is 0.176 e. The number of rotatable bonds is 6. The van der Waals surface area contributed by atoms with Gasteiger partial charge >= 0.3 is 0 Å². The first kappa shape index (κ1) is 16.4. The van der Waals surface area contributed by atoms with E-state index < -0.39 is 0 Å². The number of imidazole rings is 1. The highest BCUT2D eigenvalue weighted by Gasteiger charge is 2.20. The Bertz CT molecular complexity index is 876. The average molecular weight is 342 g/mol. The van der Waals surface area contributed by atoms with Gasteiger partial charge in [-0.25, -0.2) is 4.98 Å². The molecule has 0 N–H and O–H groups in total. The van der Waals surface area contributed by atoms with Crippen molar-refractivity contribution in [2.75, 3.05) is 14.2 Å². The number of hydrogen-bond acceptors (Lipinski definition) is 5. The fourth-order valence-corrected chi connectivity index (χ4v) is 3.40. The summed E-state index contributed by atoms with van der Waals surface area (Å²) >= 11 is 1.44. The third-order valence-corrected chi connectivity index (χ3v) is 4.80. The highest BCUT2D eigenvalue weighted by molar-refractivity contribution is 8.00. The lowest BCUT2D eigenvalue weighted by Gasteiger charge is -2.12. The third-order valence-electron chi connectivity index (χ3n) is 3.72. The van der Waals surface area contributed by atoms with Crippen molar-refractivity contribution in [2.24, 2.45) is 0 Å². The van der Waals surface area contributed by atoms with Gasteiger partial charge in [0.25, 0.3) is 0 Å². The van der Waals surface area contributed by atoms with Crippen LogP contribution in [0, 0.1) is 0 Å². The summed E-state index contributed by atoms with van der Waals surface area (Å²) in [5.41, 5.74) is 1.60. The number of thioether (sulfide) groups is 1. The number of fused-ring (bicyclic) bond motifs is 1. The quantitative estimate of drug-likeness (QED) is 0.505. The van der Waals surface area contributed by atoms with Crippen LogP contribution in [0.1, 0.15) is 17.3 Å². The largest absolute Gasteiger partial charge is 0.493 e. The van der Waals surface area contributed by atoms with Crippen LogP contribution in [0.15, 0.2) is 53.9 Å². The van der Waals surface area contributed by atoms with Gasteiger partial charge in [-0.2, -0.15) is 0 Å². The Kier molecular flexibility index (Phi) is 4.76. The number of Topliss-reactive ketones (excluding diaryl/α,β-unsaturated/α-hetero) is 1. The lowest BCUT2D eigenvalue weighted by atomic mass is 10.1. The number of hydrogen-bond donors (Lipinski definition) is 0. The van der Waals surface area contributed by atoms with E-state index in [1.165, 1.54) is 11.8 Å². The zero-order valence-corrected chi connectivity index (χ0v) is 14.5. The maximum atomic E-state index is 12.7. The first-order chi connectivity index (χ1) is 11.6. The fourth-order valence-electron chi connectivity index (χ4n) is 2.44. The molecule has 5 nitrogen and oxygen atoms in total. The molecular weight excluding hydrogens is 324 g/mol. The number of carbonyl (C=O) groups excluding carboxylic acids is 1. The molecule has 3 rings (SSSR count). The van der Waals surface area contributed by atoms with E-state index in [1.807, 2.05) is 35.7 Å². The number of nitrogens with zero attached hydrogens (tertiary/aromatic N) is 2. The van der Waals surface area contributed by atoms with Crippen molar-refractivity contribution in [1.82, 2.24) is 9.38 Å². The molecule has 0 radical (unpaired) electrons. The van der Waals surface area contributed by atoms with Crippen molar-refractivity contribution >= 4 is 23.1 Å². The predicted octanol–water partition coefficient (Wildman–Crippen LogP) is 3.72. The van der Waals surface area contributed by atoms with Crippen LogP contribution in [0.3, 0.4) is 0 Å². The van der Waals surface area contributed by atoms with Crippen LogP contribution < -0.4 is 9.47 Å². The maximum absolute atomic E-state index is 12.7. The van der Waals surface area contributed by atoms with Crippen LogP contribution in [-0.2, 0) is 0 Å². The number of ketones is 1. The smallest absolute Gasteiger partial charge is 0.176 e. The van der Waals surface area contributed by atoms with E-state index in [-0.39, 0.29) is 11.0 Å². The Labute approximate surface area is 144 Å². The van der Waals surface area contributed by atoms with Crippen molar-refractivity contribution in [3.63, 3.8) is 0 Å². The summed E-state index contributed by atoms with van der Waals surface area (Å²) in [5.74, 6) is 1.18. The van der Waals surface area contributed by atoms with Gasteiger partial charge in [0.15, 0.2) is 22.4 Å². The highest BCUT2D eigenvalue weighted by atomic mass is 32.2. The van der Waals surface area contributed by atoms with E-state index >= 15 is 0 Å². The van der Waals surface area contributed by atoms with Crippen LogP contribution in [0.25, 0.3) is 5.52 Å². The van der Waals surface area contributed by atoms with Crippen LogP contribution >= 0.6 is 11.8 Å². The molecule has 1 aromatic carbocycles. The molecule has 124 valence electrons. The third kappa shape index (κ3) is 3.10. The number of pyridine rings is 1. The van der Waals surface area contributed by atoms with Gasteiger partial charge in [0.1, 0.15) is 0 Å². The van der Waals surface area contributed by atoms with E-state index in [0.29, 0.717) is 17.1 Å². The van der Waals surface area contributed by atoms with Crippen molar-refractivity contribution < 1.29 is 14.3 Å². The second kappa shape index (κ2) is 6.97. The summed E-state index contributed by atoms with van der Waals surface area (Å²) in [5, 5.41) is 0.529. The Morgan fingerprint density at radius 3 is 2.71 bits per heavy atom. The van der Waals surface area contributed by atoms with E-state index in [2.05, 4.69) is 4.98 Å². The second-order valence-electron chi connectivity index (χ2n) is 5.23. The molecule has 0 saturated carbocycles. The lowest BCUT2D eigenvalue weighted by Crippen LogP contribution is -2.14. The van der Waals surface area contributed by atoms with Crippen molar-refractivity contribution in [3.05, 3.63) is 54.4 Å². The number of aromatic nitrogens is 2. The topological polar surface area (TPSA) is 52.8 Å². The first-order valence-electron chi connectivity index (χ1n) is 7.49. The molecule has 0 bridgehead atoms. The van der Waals surface area contributed by atoms with Gasteiger partial charge in [-0.3, -0.25) is 9.20 Å². The molecule has 0 saturated heterocycles. The standard InChI is InChI=1S/C18H18N2O3S/c1-12(24-18-19-11-14-6-4-5-9-20(14)18)17(21)13-7-8-15(22-2)16(10-13)23-3/h4-12H,1-3H3. The van der Waals surface area contributed by atoms with Gasteiger partial charge < -0.3 is 9.47 Å². The summed E-state index contributed by atoms with van der Waals surface area (Å²) in [6.45, 7) is 1.88. The second-order valence-corrected chi connectivity index (χ2v) is 6.54. The van der Waals surface area contributed by atoms with E-state index in [0.717, 1.165) is 10.7 Å². The van der Waals surface area contributed by atoms with E-state index in [1.54, 1.807) is 38.6 Å². The van der Waals surface area contributed by atoms with Gasteiger partial charge in [0, 0.05) is 11.8 Å². The summed E-state index contributed by atoms with van der Waals surface area (Å²) in [4.78, 5) is 17.1. The van der Waals surface area contributed by atoms with Gasteiger partial charge in [0.2, 0.25) is 0 Å². The zero-order valence-electron chi connectivity index (χ0n) is 13.7. The zero-order chi connectivity index (χ0) is 17.1. The Hall–Kier alpha value is -2.47. The Morgan fingerprint density at radius 2 is 1.96 bits per heavy atom. The average Bonchev–Trinajstić information content (AvgIpc) is 3.03. The summed E-state index contributed by atoms with van der Waals surface area (Å²) in [6, 6.07) is 11.1. The van der Waals surface area contributed by atoms with Gasteiger partial charge in [0.05, 0.1) is 31.2 Å². The molecule has 2 aromatic heterocycles. The van der Waals surface area contributed by atoms with E-state index in [4.69, 9.17) is 9.47 Å². The summed E-state index contributed by atoms with van der Waals surface area (Å²) in [7, 11) is 3.13. The molecule has 24 heavy (non-hydrogen) atoms. The molecule has 2 heterocycles. The van der Waals surface area contributed by atoms with E-state index in [9.17, 15) is 4.79 Å². The molecule has 0 aliphatic heterocycles. The van der Waals surface area contributed by atoms with Gasteiger partial charge in [-0.05, 0) is 37.3 Å². The molecule has 3 aromatic rings. The SMILES string of the molecule is COc1ccc(C(=O)C(C)Sc2ncc3ccccn23)cc1OC. The minimum atomic E-state index is -0.270. The number of methoxy groups -OCH3 is 2. The summed E-state index contributed by atoms with van der Waals surface area (Å²) in [6.07, 6.45) is 3.74. The number of carbonyl (C=O) groups is 1. The lowest BCUT2D eigenvalue weighted by molar-refractivity contribution is 0.0993. The van der Waals surface area contributed by atoms with Crippen molar-refractivity contribution in [3.8, 4) is 11.5 Å². The molecule has 0 spiro atoms. The molecule has 1 unspecified atom stereocenters. The molecule has 0 aliphatic rings. The van der Waals surface area contributed by atoms with Gasteiger partial charge in [-0.15, -0.1) is 0 Å². The fraction of sp³-hybridized carbons (Fsp3) is 0.222. The number of ether oxygens (including phenoxy) is 2. The van der Waals surface area contributed by atoms with Crippen LogP contribution in [0.5, 0.6) is 11.5 Å². The monoisotopic (exact) mass is 342 g/mol. The molecule has 0 fully saturated rings. The van der Waals surface area contributed by atoms with Crippen LogP contribution in [-0.4, -0.2) is 34.6 Å². The Morgan fingerprint density at radius 1 is 1.17 bits per heavy atom. The van der Waals surface area contributed by atoms with Crippen LogP contribution in [0.2, 0.25) is 0 Å². The first-order valence-corrected chi connectivity index (χ1v) is 8.37. The molecular formula is C18H18N2O3S. The van der Waals surface area contributed by atoms with Crippen molar-refractivity contribution in [2.45, 2.75) is 17.3 Å². The molecule has 0 amide bonds. The number of benzene rings is 1.